The molecule has 0 bridgehead atoms. The molecule has 50 heavy (non-hydrogen) atoms. The monoisotopic (exact) mass is 786 g/mol. The zero-order chi connectivity index (χ0) is 38.2. The summed E-state index contributed by atoms with van der Waals surface area (Å²) in [5.41, 5.74) is 6.45. The van der Waals surface area contributed by atoms with E-state index in [1.165, 1.54) is 48.5 Å². The molecule has 0 aromatic heterocycles. The van der Waals surface area contributed by atoms with Crippen LogP contribution in [0.2, 0.25) is 0 Å². The lowest BCUT2D eigenvalue weighted by Gasteiger charge is -2.21. The van der Waals surface area contributed by atoms with Crippen LogP contribution in [0.15, 0.2) is 78.5 Å². The quantitative estimate of drug-likeness (QED) is 0.179. The number of halogens is 3. The van der Waals surface area contributed by atoms with Gasteiger partial charge in [0, 0.05) is 47.0 Å². The van der Waals surface area contributed by atoms with Crippen molar-refractivity contribution in [3.05, 3.63) is 59.7 Å². The van der Waals surface area contributed by atoms with Gasteiger partial charge in [0.05, 0.1) is 51.5 Å². The maximum absolute atomic E-state index is 12.5. The van der Waals surface area contributed by atoms with Crippen molar-refractivity contribution in [3.63, 3.8) is 0 Å². The fraction of sp³-hybridized carbons (Fsp3) is 0.419. The van der Waals surface area contributed by atoms with E-state index in [0.29, 0.717) is 36.7 Å². The minimum atomic E-state index is -3.79. The molecule has 0 fully saturated rings. The van der Waals surface area contributed by atoms with Gasteiger partial charge in [-0.25, -0.2) is 31.6 Å². The Bertz CT molecular complexity index is 1830. The van der Waals surface area contributed by atoms with Crippen molar-refractivity contribution in [3.8, 4) is 12.1 Å². The van der Waals surface area contributed by atoms with Crippen LogP contribution in [0.4, 0.5) is 0 Å². The number of aliphatic imine (C=N–C) groups is 2. The second-order valence-corrected chi connectivity index (χ2v) is 16.7. The first-order chi connectivity index (χ1) is 23.3. The van der Waals surface area contributed by atoms with E-state index in [2.05, 4.69) is 38.8 Å². The molecule has 2 aliphatic heterocycles. The van der Waals surface area contributed by atoms with E-state index in [4.69, 9.17) is 50.1 Å². The van der Waals surface area contributed by atoms with Crippen molar-refractivity contribution in [1.29, 1.82) is 10.5 Å². The predicted octanol–water partition coefficient (Wildman–Crippen LogP) is 5.10. The van der Waals surface area contributed by atoms with Gasteiger partial charge >= 0.3 is 0 Å². The third kappa shape index (κ3) is 15.3. The van der Waals surface area contributed by atoms with Crippen LogP contribution < -0.4 is 10.5 Å². The lowest BCUT2D eigenvalue weighted by molar-refractivity contribution is 0.379. The molecule has 2 aromatic carbocycles. The van der Waals surface area contributed by atoms with Crippen molar-refractivity contribution in [2.75, 3.05) is 31.5 Å². The number of nitriles is 2. The van der Waals surface area contributed by atoms with Gasteiger partial charge < -0.3 is 5.73 Å². The number of hydrogen-bond acceptors (Lipinski definition) is 10. The highest BCUT2D eigenvalue weighted by molar-refractivity contribution is 8.13. The summed E-state index contributed by atoms with van der Waals surface area (Å²) in [4.78, 5) is 8.36. The molecule has 14 nitrogen and oxygen atoms in total. The van der Waals surface area contributed by atoms with Crippen LogP contribution in [0.3, 0.4) is 0 Å². The molecular weight excluding hydrogens is 747 g/mol. The fourth-order valence-corrected chi connectivity index (χ4v) is 5.59. The second kappa shape index (κ2) is 20.1. The molecule has 0 saturated carbocycles. The first-order valence-electron chi connectivity index (χ1n) is 14.9. The molecule has 19 heteroatoms. The molecule has 0 spiro atoms. The molecule has 0 aliphatic carbocycles. The summed E-state index contributed by atoms with van der Waals surface area (Å²) in [7, 11) is -2.41. The predicted molar refractivity (Wildman–Crippen MR) is 200 cm³/mol. The highest BCUT2D eigenvalue weighted by Gasteiger charge is 2.30. The Morgan fingerprint density at radius 1 is 0.820 bits per heavy atom. The highest BCUT2D eigenvalue weighted by Crippen LogP contribution is 2.22. The molecule has 0 atom stereocenters. The van der Waals surface area contributed by atoms with Crippen molar-refractivity contribution in [2.45, 2.75) is 51.3 Å². The van der Waals surface area contributed by atoms with E-state index >= 15 is 0 Å². The minimum absolute atomic E-state index is 0.00293. The zero-order valence-electron chi connectivity index (χ0n) is 28.5. The molecule has 2 aliphatic rings. The standard InChI is InChI=1S/C15H19N5O2S.C8H16N4.C7H4ClNO2S.CH2Cl2/c1-4-17-14(20-11-15(2,3)10-18-20)19-23(21,22)13-7-5-12(9-16)6-8-13;1-4-10-7(9)12-6-8(2,3)5-11-12;8-12(10,11)7-3-1-6(5-9)2-4-7;2-1-3/h5-8,10H,4,11H2,1-3H3,(H,17,19);5H,4,6H2,1-3H3,(H2,9,10);1-4H;1H2. The van der Waals surface area contributed by atoms with Gasteiger partial charge in [-0.15, -0.1) is 23.2 Å². The number of rotatable bonds is 5. The van der Waals surface area contributed by atoms with Gasteiger partial charge in [0.1, 0.15) is 0 Å². The summed E-state index contributed by atoms with van der Waals surface area (Å²) in [5, 5.41) is 29.0. The molecular formula is C31H41Cl3N10O4S2. The van der Waals surface area contributed by atoms with Gasteiger partial charge in [-0.05, 0) is 62.4 Å². The van der Waals surface area contributed by atoms with Gasteiger partial charge in [0.25, 0.3) is 19.1 Å². The summed E-state index contributed by atoms with van der Waals surface area (Å²) >= 11 is 9.53. The topological polar surface area (TPSA) is 210 Å². The van der Waals surface area contributed by atoms with E-state index in [0.717, 1.165) is 6.54 Å². The number of guanidine groups is 2. The number of nitrogens with zero attached hydrogens (tertiary/aromatic N) is 8. The van der Waals surface area contributed by atoms with Gasteiger partial charge in [0.2, 0.25) is 11.9 Å². The van der Waals surface area contributed by atoms with Gasteiger partial charge in [-0.2, -0.15) is 20.7 Å². The van der Waals surface area contributed by atoms with Crippen LogP contribution in [0.1, 0.15) is 52.7 Å². The first kappa shape index (κ1) is 44.1. The van der Waals surface area contributed by atoms with E-state index in [1.807, 2.05) is 46.0 Å². The number of sulfonamides is 1. The van der Waals surface area contributed by atoms with Crippen LogP contribution in [-0.2, 0) is 19.1 Å². The van der Waals surface area contributed by atoms with E-state index in [-0.39, 0.29) is 31.9 Å². The van der Waals surface area contributed by atoms with E-state index in [9.17, 15) is 16.8 Å². The first-order valence-corrected chi connectivity index (χ1v) is 19.7. The smallest absolute Gasteiger partial charge is 0.264 e. The summed E-state index contributed by atoms with van der Waals surface area (Å²) in [5.74, 6) is 0.706. The fourth-order valence-electron chi connectivity index (χ4n) is 3.80. The second-order valence-electron chi connectivity index (χ2n) is 11.6. The summed E-state index contributed by atoms with van der Waals surface area (Å²) in [6.45, 7) is 14.5. The molecule has 2 aromatic rings. The third-order valence-electron chi connectivity index (χ3n) is 6.13. The average molecular weight is 788 g/mol. The maximum Gasteiger partial charge on any atom is 0.264 e. The van der Waals surface area contributed by atoms with Crippen molar-refractivity contribution >= 4 is 77.3 Å². The number of hydrogen-bond donors (Lipinski definition) is 2. The van der Waals surface area contributed by atoms with Crippen molar-refractivity contribution in [2.24, 2.45) is 36.8 Å². The van der Waals surface area contributed by atoms with Crippen molar-refractivity contribution in [1.82, 2.24) is 14.7 Å². The SMILES string of the molecule is CCN=C(N)N1CC(C)(C)C=N1.CCN=C(NS(=O)(=O)c1ccc(C#N)cc1)N1CC(C)(C)C=N1.ClCCl.N#Cc1ccc(S(=O)(=O)Cl)cc1. The molecule has 3 N–H and O–H groups in total. The summed E-state index contributed by atoms with van der Waals surface area (Å²) in [6, 6.07) is 14.9. The number of benzene rings is 2. The highest BCUT2D eigenvalue weighted by atomic mass is 35.7. The Kier molecular flexibility index (Phi) is 17.7. The summed E-state index contributed by atoms with van der Waals surface area (Å²) in [6.07, 6.45) is 3.68. The molecule has 0 amide bonds. The lowest BCUT2D eigenvalue weighted by Crippen LogP contribution is -2.42. The lowest BCUT2D eigenvalue weighted by atomic mass is 9.97. The van der Waals surface area contributed by atoms with Crippen LogP contribution >= 0.6 is 33.9 Å². The Hall–Kier alpha value is -3.93. The van der Waals surface area contributed by atoms with E-state index < -0.39 is 19.1 Å². The molecule has 0 radical (unpaired) electrons. The van der Waals surface area contributed by atoms with Gasteiger partial charge in [0.15, 0.2) is 0 Å². The number of hydrazone groups is 2. The van der Waals surface area contributed by atoms with Gasteiger partial charge in [-0.1, -0.05) is 27.7 Å². The Morgan fingerprint density at radius 3 is 1.56 bits per heavy atom. The average Bonchev–Trinajstić information content (AvgIpc) is 3.62. The molecule has 0 saturated heterocycles. The molecule has 272 valence electrons. The maximum atomic E-state index is 12.5. The van der Waals surface area contributed by atoms with Crippen LogP contribution in [0, 0.1) is 33.5 Å². The van der Waals surface area contributed by atoms with Crippen LogP contribution in [-0.4, -0.2) is 82.7 Å². The molecule has 4 rings (SSSR count). The Morgan fingerprint density at radius 2 is 1.22 bits per heavy atom. The zero-order valence-corrected chi connectivity index (χ0v) is 32.4. The van der Waals surface area contributed by atoms with Gasteiger partial charge in [-0.3, -0.25) is 9.98 Å². The Balaban J connectivity index is 0.000000391. The number of nitrogens with two attached hydrogens (primary N) is 1. The number of nitrogens with one attached hydrogen (secondary N) is 1. The van der Waals surface area contributed by atoms with Crippen LogP contribution in [0.25, 0.3) is 0 Å². The number of alkyl halides is 2. The molecule has 2 heterocycles. The molecule has 0 unspecified atom stereocenters. The van der Waals surface area contributed by atoms with Crippen molar-refractivity contribution < 1.29 is 16.8 Å². The van der Waals surface area contributed by atoms with Crippen LogP contribution in [0.5, 0.6) is 0 Å². The summed E-state index contributed by atoms with van der Waals surface area (Å²) < 4.78 is 48.9. The third-order valence-corrected chi connectivity index (χ3v) is 8.84. The normalized spacial score (nSPS) is 16.1. The van der Waals surface area contributed by atoms with E-state index in [1.54, 1.807) is 16.2 Å². The minimum Gasteiger partial charge on any atom is -0.368 e. The largest absolute Gasteiger partial charge is 0.368 e. The Labute approximate surface area is 309 Å².